The molecule has 16 heteroatoms. The Morgan fingerprint density at radius 2 is 1.67 bits per heavy atom. The van der Waals surface area contributed by atoms with Crippen LogP contribution in [0.25, 0.3) is 28.1 Å². The largest absolute Gasteiger partial charge is 0.479 e. The number of aromatic nitrogens is 9. The third kappa shape index (κ3) is 4.81. The number of nitrogens with one attached hydrogen (secondary N) is 2. The van der Waals surface area contributed by atoms with Crippen LogP contribution in [-0.2, 0) is 10.0 Å². The summed E-state index contributed by atoms with van der Waals surface area (Å²) in [5.41, 5.74) is 1.33. The monoisotopic (exact) mass is 570 g/mol. The number of hydrogen-bond acceptors (Lipinski definition) is 11. The van der Waals surface area contributed by atoms with Gasteiger partial charge in [-0.25, -0.2) is 23.0 Å². The molecule has 2 unspecified atom stereocenters. The molecule has 5 rings (SSSR count). The lowest BCUT2D eigenvalue weighted by Gasteiger charge is -2.20. The molecule has 0 saturated heterocycles. The maximum absolute atomic E-state index is 13.6. The first-order valence-corrected chi connectivity index (χ1v) is 13.5. The van der Waals surface area contributed by atoms with E-state index in [1.807, 2.05) is 24.3 Å². The maximum Gasteiger partial charge on any atom is 0.245 e. The van der Waals surface area contributed by atoms with Gasteiger partial charge < -0.3 is 9.47 Å². The van der Waals surface area contributed by atoms with E-state index in [9.17, 15) is 8.42 Å². The summed E-state index contributed by atoms with van der Waals surface area (Å²) < 4.78 is 42.1. The van der Waals surface area contributed by atoms with Crippen molar-refractivity contribution in [3.05, 3.63) is 53.8 Å². The number of H-pyrrole nitrogens is 1. The molecule has 5 aromatic rings. The number of benzene rings is 1. The molecule has 0 radical (unpaired) electrons. The number of fused-ring (bicyclic) bond motifs is 1. The van der Waals surface area contributed by atoms with Crippen molar-refractivity contribution in [2.75, 3.05) is 18.9 Å². The SMILES string of the molecule is COc1ncnc(OC)c1-n1c(NS(=O)(=O)C(C)C(C)c2ncc(Cl)cn2)nnc1-c1n[nH]c2ccccc12. The highest BCUT2D eigenvalue weighted by molar-refractivity contribution is 7.93. The van der Waals surface area contributed by atoms with Crippen molar-refractivity contribution in [3.8, 4) is 29.0 Å². The topological polar surface area (TPSA) is 176 Å². The molecule has 0 spiro atoms. The first-order valence-electron chi connectivity index (χ1n) is 11.6. The summed E-state index contributed by atoms with van der Waals surface area (Å²) in [4.78, 5) is 16.7. The summed E-state index contributed by atoms with van der Waals surface area (Å²) in [6.45, 7) is 3.25. The average molecular weight is 571 g/mol. The first-order chi connectivity index (χ1) is 18.7. The minimum Gasteiger partial charge on any atom is -0.479 e. The lowest BCUT2D eigenvalue weighted by atomic mass is 10.1. The molecule has 0 aliphatic heterocycles. The van der Waals surface area contributed by atoms with Crippen LogP contribution < -0.4 is 14.2 Å². The second-order valence-electron chi connectivity index (χ2n) is 8.44. The molecule has 1 aromatic carbocycles. The Kier molecular flexibility index (Phi) is 7.01. The van der Waals surface area contributed by atoms with Crippen LogP contribution in [0.3, 0.4) is 0 Å². The van der Waals surface area contributed by atoms with E-state index < -0.39 is 21.2 Å². The summed E-state index contributed by atoms with van der Waals surface area (Å²) in [6.07, 6.45) is 4.09. The quantitative estimate of drug-likeness (QED) is 0.266. The van der Waals surface area contributed by atoms with Gasteiger partial charge in [-0.05, 0) is 13.0 Å². The molecule has 0 bridgehead atoms. The van der Waals surface area contributed by atoms with Gasteiger partial charge in [0.1, 0.15) is 17.8 Å². The number of nitrogens with zero attached hydrogens (tertiary/aromatic N) is 8. The van der Waals surface area contributed by atoms with Crippen LogP contribution >= 0.6 is 11.6 Å². The van der Waals surface area contributed by atoms with Crippen LogP contribution in [0.5, 0.6) is 11.8 Å². The number of methoxy groups -OCH3 is 2. The molecule has 0 amide bonds. The highest BCUT2D eigenvalue weighted by Gasteiger charge is 2.33. The first kappa shape index (κ1) is 26.2. The van der Waals surface area contributed by atoms with Gasteiger partial charge in [-0.3, -0.25) is 9.82 Å². The van der Waals surface area contributed by atoms with Crippen molar-refractivity contribution in [1.82, 2.24) is 44.9 Å². The van der Waals surface area contributed by atoms with Crippen molar-refractivity contribution in [1.29, 1.82) is 0 Å². The average Bonchev–Trinajstić information content (AvgIpc) is 3.55. The number of rotatable bonds is 9. The van der Waals surface area contributed by atoms with Crippen LogP contribution in [0.4, 0.5) is 5.95 Å². The second kappa shape index (κ2) is 10.4. The molecule has 2 N–H and O–H groups in total. The molecule has 0 saturated carbocycles. The number of ether oxygens (including phenoxy) is 2. The van der Waals surface area contributed by atoms with Crippen molar-refractivity contribution < 1.29 is 17.9 Å². The van der Waals surface area contributed by atoms with E-state index in [1.54, 1.807) is 13.8 Å². The number of aromatic amines is 1. The maximum atomic E-state index is 13.6. The fraction of sp³-hybridized carbons (Fsp3) is 0.261. The fourth-order valence-electron chi connectivity index (χ4n) is 3.94. The van der Waals surface area contributed by atoms with E-state index in [1.165, 1.54) is 37.5 Å². The Morgan fingerprint density at radius 1 is 1.00 bits per heavy atom. The zero-order chi connectivity index (χ0) is 27.7. The summed E-state index contributed by atoms with van der Waals surface area (Å²) in [5.74, 6) is -0.0339. The number of hydrogen-bond donors (Lipinski definition) is 2. The zero-order valence-corrected chi connectivity index (χ0v) is 22.8. The van der Waals surface area contributed by atoms with Crippen LogP contribution in [0, 0.1) is 0 Å². The minimum atomic E-state index is -4.08. The predicted molar refractivity (Wildman–Crippen MR) is 143 cm³/mol. The van der Waals surface area contributed by atoms with Gasteiger partial charge in [0.05, 0.1) is 30.0 Å². The van der Waals surface area contributed by atoms with Crippen LogP contribution in [0.2, 0.25) is 5.02 Å². The molecule has 0 fully saturated rings. The summed E-state index contributed by atoms with van der Waals surface area (Å²) >= 11 is 5.89. The number of para-hydroxylation sites is 1. The number of anilines is 1. The number of sulfonamides is 1. The molecular weight excluding hydrogens is 548 g/mol. The van der Waals surface area contributed by atoms with E-state index in [2.05, 4.69) is 45.1 Å². The summed E-state index contributed by atoms with van der Waals surface area (Å²) in [7, 11) is -1.24. The second-order valence-corrected chi connectivity index (χ2v) is 10.9. The van der Waals surface area contributed by atoms with Gasteiger partial charge in [0.15, 0.2) is 11.5 Å². The van der Waals surface area contributed by atoms with Crippen molar-refractivity contribution in [2.24, 2.45) is 0 Å². The third-order valence-electron chi connectivity index (χ3n) is 6.19. The summed E-state index contributed by atoms with van der Waals surface area (Å²) in [5, 5.41) is 15.9. The smallest absolute Gasteiger partial charge is 0.245 e. The van der Waals surface area contributed by atoms with E-state index in [0.29, 0.717) is 16.5 Å². The van der Waals surface area contributed by atoms with E-state index >= 15 is 0 Å². The van der Waals surface area contributed by atoms with Crippen LogP contribution in [0.1, 0.15) is 25.6 Å². The predicted octanol–water partition coefficient (Wildman–Crippen LogP) is 3.00. The van der Waals surface area contributed by atoms with Gasteiger partial charge >= 0.3 is 0 Å². The molecule has 14 nitrogen and oxygen atoms in total. The molecular formula is C23H23ClN10O4S. The van der Waals surface area contributed by atoms with Crippen molar-refractivity contribution in [2.45, 2.75) is 25.0 Å². The summed E-state index contributed by atoms with van der Waals surface area (Å²) in [6, 6.07) is 7.41. The van der Waals surface area contributed by atoms with Gasteiger partial charge in [-0.2, -0.15) is 15.1 Å². The molecule has 39 heavy (non-hydrogen) atoms. The van der Waals surface area contributed by atoms with Gasteiger partial charge in [0, 0.05) is 23.7 Å². The highest BCUT2D eigenvalue weighted by Crippen LogP contribution is 2.36. The van der Waals surface area contributed by atoms with E-state index in [-0.39, 0.29) is 29.2 Å². The Bertz CT molecular complexity index is 1720. The normalized spacial score (nSPS) is 13.3. The Labute approximate surface area is 227 Å². The number of halogens is 1. The lowest BCUT2D eigenvalue weighted by molar-refractivity contribution is 0.368. The van der Waals surface area contributed by atoms with Gasteiger partial charge in [-0.1, -0.05) is 36.7 Å². The van der Waals surface area contributed by atoms with Gasteiger partial charge in [-0.15, -0.1) is 10.2 Å². The minimum absolute atomic E-state index is 0.0965. The van der Waals surface area contributed by atoms with Crippen LogP contribution in [0.15, 0.2) is 43.0 Å². The standard InChI is InChI=1S/C23H23ClN10O4S/c1-12(19-25-9-14(24)10-26-19)13(2)39(35,36)33-23-32-31-20(17-15-7-5-6-8-16(15)29-30-17)34(23)18-21(37-3)27-11-28-22(18)38-4/h5-13H,1-4H3,(H,29,30)(H,32,33). The highest BCUT2D eigenvalue weighted by atomic mass is 35.5. The molecule has 0 aliphatic rings. The molecule has 0 aliphatic carbocycles. The molecule has 2 atom stereocenters. The Morgan fingerprint density at radius 3 is 2.33 bits per heavy atom. The van der Waals surface area contributed by atoms with Crippen LogP contribution in [-0.4, -0.2) is 72.8 Å². The Balaban J connectivity index is 1.65. The molecule has 4 heterocycles. The zero-order valence-electron chi connectivity index (χ0n) is 21.2. The van der Waals surface area contributed by atoms with Gasteiger partial charge in [0.2, 0.25) is 27.7 Å². The van der Waals surface area contributed by atoms with E-state index in [0.717, 1.165) is 10.9 Å². The fourth-order valence-corrected chi connectivity index (χ4v) is 5.27. The Hall–Kier alpha value is -4.37. The molecule has 202 valence electrons. The third-order valence-corrected chi connectivity index (χ3v) is 8.23. The van der Waals surface area contributed by atoms with E-state index in [4.69, 9.17) is 21.1 Å². The van der Waals surface area contributed by atoms with Crippen molar-refractivity contribution >= 4 is 38.5 Å². The lowest BCUT2D eigenvalue weighted by Crippen LogP contribution is -2.31. The van der Waals surface area contributed by atoms with Crippen molar-refractivity contribution in [3.63, 3.8) is 0 Å². The molecule has 4 aromatic heterocycles. The van der Waals surface area contributed by atoms with Gasteiger partial charge in [0.25, 0.3) is 0 Å².